The number of carbonyl (C=O) groups excluding carboxylic acids is 2. The molecule has 2 aromatic carbocycles. The van der Waals surface area contributed by atoms with Gasteiger partial charge in [-0.15, -0.1) is 0 Å². The van der Waals surface area contributed by atoms with E-state index in [2.05, 4.69) is 6.58 Å². The van der Waals surface area contributed by atoms with E-state index >= 15 is 0 Å². The van der Waals surface area contributed by atoms with Crippen molar-refractivity contribution in [2.45, 2.75) is 20.0 Å². The summed E-state index contributed by atoms with van der Waals surface area (Å²) in [5.41, 5.74) is 0.922. The van der Waals surface area contributed by atoms with Crippen molar-refractivity contribution >= 4 is 6.15 Å². The van der Waals surface area contributed by atoms with E-state index in [1.807, 2.05) is 32.0 Å². The zero-order valence-electron chi connectivity index (χ0n) is 16.0. The lowest BCUT2D eigenvalue weighted by atomic mass is 10.2. The Kier molecular flexibility index (Phi) is 9.48. The van der Waals surface area contributed by atoms with Gasteiger partial charge in [-0.2, -0.15) is 22.8 Å². The lowest BCUT2D eigenvalue weighted by molar-refractivity contribution is -0.191. The van der Waals surface area contributed by atoms with Gasteiger partial charge >= 0.3 is 12.3 Å². The zero-order chi connectivity index (χ0) is 21.9. The molecule has 0 aliphatic carbocycles. The van der Waals surface area contributed by atoms with Crippen LogP contribution in [0, 0.1) is 6.92 Å². The number of halogens is 3. The van der Waals surface area contributed by atoms with Gasteiger partial charge in [0.2, 0.25) is 0 Å². The monoisotopic (exact) mass is 410 g/mol. The predicted octanol–water partition coefficient (Wildman–Crippen LogP) is 4.84. The number of rotatable bonds is 8. The van der Waals surface area contributed by atoms with Gasteiger partial charge < -0.3 is 14.2 Å². The summed E-state index contributed by atoms with van der Waals surface area (Å²) in [5, 5.41) is 0. The number of alkyl halides is 3. The van der Waals surface area contributed by atoms with Gasteiger partial charge in [0.15, 0.2) is 0 Å². The molecular formula is C21H21F3O5. The number of aryl methyl sites for hydroxylation is 1. The maximum absolute atomic E-state index is 12.5. The lowest BCUT2D eigenvalue weighted by Crippen LogP contribution is -2.09. The van der Waals surface area contributed by atoms with Gasteiger partial charge in [-0.3, -0.25) is 0 Å². The summed E-state index contributed by atoms with van der Waals surface area (Å²) in [5.74, 6) is 1.84. The summed E-state index contributed by atoms with van der Waals surface area (Å²) in [6.45, 7) is 8.70. The van der Waals surface area contributed by atoms with Crippen LogP contribution in [0.25, 0.3) is 0 Å². The van der Waals surface area contributed by atoms with Crippen molar-refractivity contribution in [2.75, 3.05) is 19.8 Å². The Bertz CT molecular complexity index is 823. The van der Waals surface area contributed by atoms with Crippen LogP contribution in [-0.4, -0.2) is 26.0 Å². The molecule has 2 aromatic rings. The molecule has 0 bridgehead atoms. The maximum atomic E-state index is 12.5. The summed E-state index contributed by atoms with van der Waals surface area (Å²) in [6.07, 6.45) is -4.11. The van der Waals surface area contributed by atoms with E-state index in [1.54, 1.807) is 0 Å². The molecule has 156 valence electrons. The highest BCUT2D eigenvalue weighted by molar-refractivity contribution is 5.39. The fourth-order valence-corrected chi connectivity index (χ4v) is 2.18. The Morgan fingerprint density at radius 2 is 1.48 bits per heavy atom. The number of hydrogen-bond donors (Lipinski definition) is 0. The van der Waals surface area contributed by atoms with Crippen LogP contribution in [0.3, 0.4) is 0 Å². The van der Waals surface area contributed by atoms with E-state index in [0.717, 1.165) is 23.4 Å². The molecule has 0 unspecified atom stereocenters. The molecule has 0 amide bonds. The molecule has 0 aliphatic rings. The van der Waals surface area contributed by atoms with Crippen molar-refractivity contribution < 1.29 is 37.0 Å². The molecule has 0 heterocycles. The topological polar surface area (TPSA) is 61.8 Å². The molecule has 2 rings (SSSR count). The molecule has 0 atom stereocenters. The van der Waals surface area contributed by atoms with Crippen LogP contribution in [0.1, 0.15) is 18.1 Å². The molecule has 0 radical (unpaired) electrons. The van der Waals surface area contributed by atoms with E-state index in [-0.39, 0.29) is 19.4 Å². The minimum Gasteiger partial charge on any atom is -0.494 e. The van der Waals surface area contributed by atoms with Gasteiger partial charge in [-0.1, -0.05) is 6.58 Å². The average Bonchev–Trinajstić information content (AvgIpc) is 2.67. The van der Waals surface area contributed by atoms with Crippen molar-refractivity contribution in [1.29, 1.82) is 0 Å². The molecule has 0 spiro atoms. The first-order chi connectivity index (χ1) is 13.7. The van der Waals surface area contributed by atoms with Crippen molar-refractivity contribution in [2.24, 2.45) is 0 Å². The van der Waals surface area contributed by atoms with Crippen molar-refractivity contribution in [1.82, 2.24) is 0 Å². The van der Waals surface area contributed by atoms with Gasteiger partial charge in [0.25, 0.3) is 0 Å². The Labute approximate surface area is 166 Å². The molecule has 0 aromatic heterocycles. The summed E-state index contributed by atoms with van der Waals surface area (Å²) in [7, 11) is 0. The maximum Gasteiger partial charge on any atom is 0.416 e. The second-order valence-electron chi connectivity index (χ2n) is 5.79. The van der Waals surface area contributed by atoms with Crippen LogP contribution in [0.2, 0.25) is 0 Å². The smallest absolute Gasteiger partial charge is 0.416 e. The molecule has 29 heavy (non-hydrogen) atoms. The third-order valence-electron chi connectivity index (χ3n) is 3.51. The summed E-state index contributed by atoms with van der Waals surface area (Å²) >= 11 is 0. The number of ether oxygens (including phenoxy) is 3. The Morgan fingerprint density at radius 1 is 0.966 bits per heavy atom. The second kappa shape index (κ2) is 11.6. The fraction of sp³-hybridized carbons (Fsp3) is 0.286. The van der Waals surface area contributed by atoms with Crippen LogP contribution in [-0.2, 0) is 15.8 Å². The first-order valence-corrected chi connectivity index (χ1v) is 8.53. The largest absolute Gasteiger partial charge is 0.494 e. The Hall–Kier alpha value is -3.25. The van der Waals surface area contributed by atoms with Crippen molar-refractivity contribution in [3.05, 3.63) is 65.7 Å². The lowest BCUT2D eigenvalue weighted by Gasteiger charge is -2.13. The average molecular weight is 410 g/mol. The fourth-order valence-electron chi connectivity index (χ4n) is 2.18. The first kappa shape index (κ1) is 23.8. The number of hydrogen-bond acceptors (Lipinski definition) is 5. The van der Waals surface area contributed by atoms with Crippen LogP contribution >= 0.6 is 0 Å². The minimum atomic E-state index is -4.36. The van der Waals surface area contributed by atoms with Gasteiger partial charge in [0.1, 0.15) is 30.5 Å². The molecular weight excluding hydrogens is 389 g/mol. The van der Waals surface area contributed by atoms with E-state index in [0.29, 0.717) is 23.7 Å². The molecule has 8 heteroatoms. The molecule has 0 saturated heterocycles. The van der Waals surface area contributed by atoms with Crippen molar-refractivity contribution in [3.63, 3.8) is 0 Å². The first-order valence-electron chi connectivity index (χ1n) is 8.53. The Balaban J connectivity index is 0.00000132. The second-order valence-corrected chi connectivity index (χ2v) is 5.79. The third-order valence-corrected chi connectivity index (χ3v) is 3.51. The molecule has 0 saturated carbocycles. The van der Waals surface area contributed by atoms with Crippen molar-refractivity contribution in [3.8, 4) is 17.2 Å². The van der Waals surface area contributed by atoms with Crippen LogP contribution in [0.4, 0.5) is 13.2 Å². The quantitative estimate of drug-likeness (QED) is 0.583. The molecule has 0 fully saturated rings. The standard InChI is InChI=1S/C20H21F3O3.CO2/c1-4-24-19-10-9-18(11-15(19)3)26-13-14(2)12-25-17-7-5-16(6-8-17)20(21,22)23;2-1-3/h5-11H,2,4,12-13H2,1,3H3;. The van der Waals surface area contributed by atoms with E-state index < -0.39 is 11.7 Å². The van der Waals surface area contributed by atoms with Gasteiger partial charge in [0.05, 0.1) is 12.2 Å². The summed E-state index contributed by atoms with van der Waals surface area (Å²) < 4.78 is 54.1. The van der Waals surface area contributed by atoms with Gasteiger partial charge in [-0.05, 0) is 67.4 Å². The summed E-state index contributed by atoms with van der Waals surface area (Å²) in [4.78, 5) is 16.2. The van der Waals surface area contributed by atoms with Crippen LogP contribution < -0.4 is 14.2 Å². The minimum absolute atomic E-state index is 0.154. The highest BCUT2D eigenvalue weighted by Gasteiger charge is 2.29. The van der Waals surface area contributed by atoms with E-state index in [4.69, 9.17) is 23.8 Å². The highest BCUT2D eigenvalue weighted by atomic mass is 19.4. The van der Waals surface area contributed by atoms with Crippen LogP contribution in [0.5, 0.6) is 17.2 Å². The van der Waals surface area contributed by atoms with Gasteiger partial charge in [-0.25, -0.2) is 0 Å². The SMILES string of the molecule is C=C(COc1ccc(C(F)(F)F)cc1)COc1ccc(OCC)c(C)c1.O=C=O. The van der Waals surface area contributed by atoms with E-state index in [1.165, 1.54) is 12.1 Å². The number of benzene rings is 2. The molecule has 5 nitrogen and oxygen atoms in total. The highest BCUT2D eigenvalue weighted by Crippen LogP contribution is 2.30. The summed E-state index contributed by atoms with van der Waals surface area (Å²) in [6, 6.07) is 10.1. The van der Waals surface area contributed by atoms with E-state index in [9.17, 15) is 13.2 Å². The van der Waals surface area contributed by atoms with Crippen LogP contribution in [0.15, 0.2) is 54.6 Å². The van der Waals surface area contributed by atoms with Gasteiger partial charge in [0, 0.05) is 0 Å². The third kappa shape index (κ3) is 8.53. The zero-order valence-corrected chi connectivity index (χ0v) is 16.0. The normalized spacial score (nSPS) is 10.2. The molecule has 0 aliphatic heterocycles. The predicted molar refractivity (Wildman–Crippen MR) is 98.9 cm³/mol. The Morgan fingerprint density at radius 3 is 1.97 bits per heavy atom. The molecule has 0 N–H and O–H groups in total.